The summed E-state index contributed by atoms with van der Waals surface area (Å²) < 4.78 is 13.7. The van der Waals surface area contributed by atoms with Gasteiger partial charge in [0.2, 0.25) is 0 Å². The highest BCUT2D eigenvalue weighted by Gasteiger charge is 2.40. The highest BCUT2D eigenvalue weighted by molar-refractivity contribution is 4.89. The fourth-order valence-electron chi connectivity index (χ4n) is 0.866. The van der Waals surface area contributed by atoms with Crippen molar-refractivity contribution in [2.75, 3.05) is 0 Å². The molecule has 0 nitrogen and oxygen atoms in total. The molecule has 0 aromatic carbocycles. The molecule has 0 spiro atoms. The van der Waals surface area contributed by atoms with Gasteiger partial charge in [-0.05, 0) is 18.3 Å². The van der Waals surface area contributed by atoms with Crippen LogP contribution in [0.25, 0.3) is 0 Å². The van der Waals surface area contributed by atoms with Gasteiger partial charge in [-0.1, -0.05) is 34.6 Å². The van der Waals surface area contributed by atoms with Crippen molar-refractivity contribution in [2.24, 2.45) is 11.3 Å². The molecule has 1 atom stereocenters. The molecule has 0 aromatic rings. The van der Waals surface area contributed by atoms with Gasteiger partial charge >= 0.3 is 0 Å². The van der Waals surface area contributed by atoms with Crippen LogP contribution in [0.3, 0.4) is 0 Å². The Morgan fingerprint density at radius 3 is 1.30 bits per heavy atom. The van der Waals surface area contributed by atoms with Crippen LogP contribution in [0, 0.1) is 11.3 Å². The Labute approximate surface area is 63.8 Å². The van der Waals surface area contributed by atoms with E-state index < -0.39 is 5.67 Å². The first-order valence-corrected chi connectivity index (χ1v) is 3.88. The zero-order chi connectivity index (χ0) is 8.58. The molecular formula is C9H19F. The third-order valence-corrected chi connectivity index (χ3v) is 2.55. The first-order valence-electron chi connectivity index (χ1n) is 3.88. The largest absolute Gasteiger partial charge is 0.243 e. The maximum atomic E-state index is 13.7. The van der Waals surface area contributed by atoms with Crippen molar-refractivity contribution in [3.63, 3.8) is 0 Å². The summed E-state index contributed by atoms with van der Waals surface area (Å²) >= 11 is 0. The second kappa shape index (κ2) is 2.52. The Morgan fingerprint density at radius 1 is 1.00 bits per heavy atom. The van der Waals surface area contributed by atoms with Gasteiger partial charge in [-0.3, -0.25) is 0 Å². The molecule has 0 unspecified atom stereocenters. The topological polar surface area (TPSA) is 0 Å². The van der Waals surface area contributed by atoms with Crippen LogP contribution in [0.5, 0.6) is 0 Å². The smallest absolute Gasteiger partial charge is 0.115 e. The Morgan fingerprint density at radius 2 is 1.30 bits per heavy atom. The first kappa shape index (κ1) is 9.93. The minimum Gasteiger partial charge on any atom is -0.243 e. The molecule has 0 heterocycles. The zero-order valence-corrected chi connectivity index (χ0v) is 7.96. The number of alkyl halides is 1. The molecule has 0 fully saturated rings. The number of hydrogen-bond acceptors (Lipinski definition) is 0. The minimum atomic E-state index is -1.06. The van der Waals surface area contributed by atoms with Gasteiger partial charge in [0, 0.05) is 0 Å². The normalized spacial score (nSPS) is 19.2. The lowest BCUT2D eigenvalue weighted by molar-refractivity contribution is 0.00323. The second-order valence-corrected chi connectivity index (χ2v) is 4.48. The third-order valence-electron chi connectivity index (χ3n) is 2.55. The van der Waals surface area contributed by atoms with Crippen molar-refractivity contribution in [3.8, 4) is 0 Å². The lowest BCUT2D eigenvalue weighted by atomic mass is 9.73. The first-order chi connectivity index (χ1) is 4.19. The van der Waals surface area contributed by atoms with Crippen LogP contribution in [0.1, 0.15) is 41.5 Å². The van der Waals surface area contributed by atoms with E-state index in [2.05, 4.69) is 0 Å². The predicted molar refractivity (Wildman–Crippen MR) is 43.8 cm³/mol. The lowest BCUT2D eigenvalue weighted by Gasteiger charge is -2.37. The van der Waals surface area contributed by atoms with E-state index >= 15 is 0 Å². The molecule has 0 aliphatic heterocycles. The molecule has 62 valence electrons. The maximum absolute atomic E-state index is 13.7. The van der Waals surface area contributed by atoms with Gasteiger partial charge in [-0.2, -0.15) is 0 Å². The van der Waals surface area contributed by atoms with Crippen molar-refractivity contribution in [1.29, 1.82) is 0 Å². The summed E-state index contributed by atoms with van der Waals surface area (Å²) in [5, 5.41) is 0. The fraction of sp³-hybridized carbons (Fsp3) is 1.00. The monoisotopic (exact) mass is 146 g/mol. The average Bonchev–Trinajstić information content (AvgIpc) is 1.62. The van der Waals surface area contributed by atoms with E-state index in [0.717, 1.165) is 0 Å². The van der Waals surface area contributed by atoms with E-state index in [0.29, 0.717) is 0 Å². The summed E-state index contributed by atoms with van der Waals surface area (Å²) in [6.45, 7) is 11.3. The van der Waals surface area contributed by atoms with Gasteiger partial charge in [-0.15, -0.1) is 0 Å². The maximum Gasteiger partial charge on any atom is 0.115 e. The van der Waals surface area contributed by atoms with Gasteiger partial charge in [0.05, 0.1) is 0 Å². The standard InChI is InChI=1S/C9H19F/c1-7(2)9(6,10)8(3,4)5/h7H,1-6H3/t9-/m1/s1. The summed E-state index contributed by atoms with van der Waals surface area (Å²) in [6, 6.07) is 0. The van der Waals surface area contributed by atoms with E-state index in [1.165, 1.54) is 0 Å². The number of rotatable bonds is 1. The summed E-state index contributed by atoms with van der Waals surface area (Å²) in [5.74, 6) is 0.0903. The molecule has 0 amide bonds. The highest BCUT2D eigenvalue weighted by Crippen LogP contribution is 2.39. The van der Waals surface area contributed by atoms with Gasteiger partial charge in [0.25, 0.3) is 0 Å². The summed E-state index contributed by atoms with van der Waals surface area (Å²) in [6.07, 6.45) is 0. The fourth-order valence-corrected chi connectivity index (χ4v) is 0.866. The molecular weight excluding hydrogens is 127 g/mol. The van der Waals surface area contributed by atoms with Gasteiger partial charge in [0.15, 0.2) is 0 Å². The average molecular weight is 146 g/mol. The summed E-state index contributed by atoms with van der Waals surface area (Å²) in [5.41, 5.74) is -1.31. The molecule has 0 aliphatic rings. The SMILES string of the molecule is CC(C)[C@@](C)(F)C(C)(C)C. The van der Waals surface area contributed by atoms with E-state index in [-0.39, 0.29) is 11.3 Å². The lowest BCUT2D eigenvalue weighted by Crippen LogP contribution is -2.40. The molecule has 0 radical (unpaired) electrons. The van der Waals surface area contributed by atoms with Crippen LogP contribution in [0.4, 0.5) is 4.39 Å². The second-order valence-electron chi connectivity index (χ2n) is 4.48. The summed E-state index contributed by atoms with van der Waals surface area (Å²) in [7, 11) is 0. The van der Waals surface area contributed by atoms with Crippen molar-refractivity contribution < 1.29 is 4.39 Å². The third kappa shape index (κ3) is 1.71. The molecule has 0 saturated carbocycles. The van der Waals surface area contributed by atoms with E-state index in [1.807, 2.05) is 34.6 Å². The Balaban J connectivity index is 4.40. The van der Waals surface area contributed by atoms with Crippen LogP contribution in [0.15, 0.2) is 0 Å². The van der Waals surface area contributed by atoms with E-state index in [9.17, 15) is 4.39 Å². The quantitative estimate of drug-likeness (QED) is 0.531. The summed E-state index contributed by atoms with van der Waals surface area (Å²) in [4.78, 5) is 0. The van der Waals surface area contributed by atoms with Crippen LogP contribution in [-0.2, 0) is 0 Å². The van der Waals surface area contributed by atoms with Gasteiger partial charge in [-0.25, -0.2) is 4.39 Å². The van der Waals surface area contributed by atoms with Crippen LogP contribution in [-0.4, -0.2) is 5.67 Å². The molecule has 0 saturated heterocycles. The van der Waals surface area contributed by atoms with Gasteiger partial charge in [0.1, 0.15) is 5.67 Å². The van der Waals surface area contributed by atoms with Crippen LogP contribution < -0.4 is 0 Å². The van der Waals surface area contributed by atoms with Crippen LogP contribution in [0.2, 0.25) is 0 Å². The van der Waals surface area contributed by atoms with Crippen molar-refractivity contribution in [3.05, 3.63) is 0 Å². The number of halogens is 1. The molecule has 0 aliphatic carbocycles. The highest BCUT2D eigenvalue weighted by atomic mass is 19.1. The van der Waals surface area contributed by atoms with Crippen molar-refractivity contribution in [2.45, 2.75) is 47.2 Å². The molecule has 0 aromatic heterocycles. The van der Waals surface area contributed by atoms with Crippen molar-refractivity contribution in [1.82, 2.24) is 0 Å². The number of hydrogen-bond donors (Lipinski definition) is 0. The van der Waals surface area contributed by atoms with Crippen LogP contribution >= 0.6 is 0 Å². The Kier molecular flexibility index (Phi) is 2.50. The zero-order valence-electron chi connectivity index (χ0n) is 7.96. The Bertz CT molecular complexity index is 106. The van der Waals surface area contributed by atoms with Crippen molar-refractivity contribution >= 4 is 0 Å². The Hall–Kier alpha value is -0.0700. The molecule has 0 bridgehead atoms. The molecule has 10 heavy (non-hydrogen) atoms. The predicted octanol–water partition coefficient (Wildman–Crippen LogP) is 3.42. The minimum absolute atomic E-state index is 0.0903. The molecule has 1 heteroatoms. The molecule has 0 N–H and O–H groups in total. The van der Waals surface area contributed by atoms with Gasteiger partial charge < -0.3 is 0 Å². The molecule has 0 rings (SSSR count). The van der Waals surface area contributed by atoms with E-state index in [1.54, 1.807) is 6.92 Å². The van der Waals surface area contributed by atoms with E-state index in [4.69, 9.17) is 0 Å².